The summed E-state index contributed by atoms with van der Waals surface area (Å²) in [5.41, 5.74) is 0.653. The molecule has 0 fully saturated rings. The topological polar surface area (TPSA) is 91.0 Å². The van der Waals surface area contributed by atoms with Gasteiger partial charge in [-0.1, -0.05) is 6.92 Å². The number of carbonyl (C=O) groups excluding carboxylic acids is 3. The van der Waals surface area contributed by atoms with E-state index in [1.165, 1.54) is 4.90 Å². The summed E-state index contributed by atoms with van der Waals surface area (Å²) in [6.45, 7) is 2.67. The van der Waals surface area contributed by atoms with Crippen LogP contribution in [0.1, 0.15) is 13.3 Å². The van der Waals surface area contributed by atoms with Gasteiger partial charge in [-0.2, -0.15) is 0 Å². The molecule has 0 spiro atoms. The van der Waals surface area contributed by atoms with E-state index in [0.717, 1.165) is 6.42 Å². The van der Waals surface area contributed by atoms with E-state index in [2.05, 4.69) is 10.6 Å². The zero-order valence-corrected chi connectivity index (χ0v) is 15.9. The highest BCUT2D eigenvalue weighted by atomic mass is 16.5. The van der Waals surface area contributed by atoms with E-state index < -0.39 is 0 Å². The van der Waals surface area contributed by atoms with E-state index >= 15 is 0 Å². The summed E-state index contributed by atoms with van der Waals surface area (Å²) in [4.78, 5) is 38.8. The number of methoxy groups -OCH3 is 1. The largest absolute Gasteiger partial charge is 0.497 e. The third-order valence-electron chi connectivity index (χ3n) is 3.57. The summed E-state index contributed by atoms with van der Waals surface area (Å²) in [6.07, 6.45) is 0.843. The molecule has 1 rings (SSSR count). The van der Waals surface area contributed by atoms with Crippen molar-refractivity contribution < 1.29 is 19.1 Å². The number of rotatable bonds is 10. The second kappa shape index (κ2) is 11.1. The molecule has 26 heavy (non-hydrogen) atoms. The van der Waals surface area contributed by atoms with Gasteiger partial charge in [-0.05, 0) is 37.7 Å². The molecule has 0 saturated carbocycles. The van der Waals surface area contributed by atoms with Crippen molar-refractivity contribution in [1.82, 2.24) is 15.1 Å². The van der Waals surface area contributed by atoms with Gasteiger partial charge in [0.05, 0.1) is 26.7 Å². The number of nitrogens with one attached hydrogen (secondary N) is 2. The van der Waals surface area contributed by atoms with Gasteiger partial charge in [0, 0.05) is 19.3 Å². The molecule has 144 valence electrons. The third-order valence-corrected chi connectivity index (χ3v) is 3.57. The van der Waals surface area contributed by atoms with Crippen molar-refractivity contribution in [2.45, 2.75) is 13.3 Å². The van der Waals surface area contributed by atoms with Crippen LogP contribution in [-0.4, -0.2) is 74.9 Å². The smallest absolute Gasteiger partial charge is 0.239 e. The normalized spacial score (nSPS) is 10.3. The highest BCUT2D eigenvalue weighted by molar-refractivity contribution is 5.92. The van der Waals surface area contributed by atoms with E-state index in [9.17, 15) is 14.4 Å². The summed E-state index contributed by atoms with van der Waals surface area (Å²) in [5.74, 6) is 0.0598. The minimum atomic E-state index is -0.228. The fraction of sp³-hybridized carbons (Fsp3) is 0.500. The number of hydrogen-bond donors (Lipinski definition) is 2. The quantitative estimate of drug-likeness (QED) is 0.633. The van der Waals surface area contributed by atoms with Crippen LogP contribution < -0.4 is 15.4 Å². The molecule has 1 aromatic carbocycles. The molecule has 8 nitrogen and oxygen atoms in total. The number of benzene rings is 1. The Morgan fingerprint density at radius 1 is 1.00 bits per heavy atom. The summed E-state index contributed by atoms with van der Waals surface area (Å²) >= 11 is 0. The first-order valence-electron chi connectivity index (χ1n) is 8.48. The molecule has 0 bridgehead atoms. The van der Waals surface area contributed by atoms with Crippen LogP contribution >= 0.6 is 0 Å². The van der Waals surface area contributed by atoms with E-state index in [1.54, 1.807) is 50.4 Å². The SMILES string of the molecule is CCCNC(=O)CN(C)C(=O)CN(C)CC(=O)Nc1ccc(OC)cc1. The van der Waals surface area contributed by atoms with Crippen LogP contribution in [0.4, 0.5) is 5.69 Å². The minimum absolute atomic E-state index is 0.00468. The molecule has 0 aliphatic rings. The van der Waals surface area contributed by atoms with E-state index in [4.69, 9.17) is 4.74 Å². The molecular formula is C18H28N4O4. The zero-order chi connectivity index (χ0) is 19.5. The molecule has 3 amide bonds. The van der Waals surface area contributed by atoms with Crippen LogP contribution in [0.25, 0.3) is 0 Å². The van der Waals surface area contributed by atoms with Gasteiger partial charge in [0.15, 0.2) is 0 Å². The second-order valence-electron chi connectivity index (χ2n) is 6.05. The molecule has 0 aromatic heterocycles. The lowest BCUT2D eigenvalue weighted by molar-refractivity contribution is -0.135. The van der Waals surface area contributed by atoms with Crippen molar-refractivity contribution in [2.75, 3.05) is 52.7 Å². The summed E-state index contributed by atoms with van der Waals surface area (Å²) in [7, 11) is 4.82. The Morgan fingerprint density at radius 3 is 2.23 bits per heavy atom. The van der Waals surface area contributed by atoms with Crippen LogP contribution in [0, 0.1) is 0 Å². The number of carbonyl (C=O) groups is 3. The first-order chi connectivity index (χ1) is 12.3. The molecule has 8 heteroatoms. The maximum Gasteiger partial charge on any atom is 0.239 e. The molecule has 0 radical (unpaired) electrons. The fourth-order valence-corrected chi connectivity index (χ4v) is 2.15. The Morgan fingerprint density at radius 2 is 1.65 bits per heavy atom. The van der Waals surface area contributed by atoms with Crippen LogP contribution in [0.3, 0.4) is 0 Å². The number of amides is 3. The minimum Gasteiger partial charge on any atom is -0.497 e. The van der Waals surface area contributed by atoms with Gasteiger partial charge in [0.1, 0.15) is 5.75 Å². The van der Waals surface area contributed by atoms with E-state index in [-0.39, 0.29) is 37.4 Å². The lowest BCUT2D eigenvalue weighted by Gasteiger charge is -2.21. The van der Waals surface area contributed by atoms with Crippen molar-refractivity contribution in [1.29, 1.82) is 0 Å². The molecular weight excluding hydrogens is 336 g/mol. The molecule has 0 aliphatic heterocycles. The molecule has 0 heterocycles. The van der Waals surface area contributed by atoms with Gasteiger partial charge in [-0.25, -0.2) is 0 Å². The number of ether oxygens (including phenoxy) is 1. The summed E-state index contributed by atoms with van der Waals surface area (Å²) in [6, 6.07) is 6.98. The zero-order valence-electron chi connectivity index (χ0n) is 15.9. The predicted octanol–water partition coefficient (Wildman–Crippen LogP) is 0.550. The second-order valence-corrected chi connectivity index (χ2v) is 6.05. The maximum absolute atomic E-state index is 12.1. The lowest BCUT2D eigenvalue weighted by atomic mass is 10.3. The predicted molar refractivity (Wildman–Crippen MR) is 100 cm³/mol. The monoisotopic (exact) mass is 364 g/mol. The standard InChI is InChI=1S/C18H28N4O4/c1-5-10-19-16(23)12-22(3)18(25)13-21(2)11-17(24)20-14-6-8-15(26-4)9-7-14/h6-9H,5,10-13H2,1-4H3,(H,19,23)(H,20,24). The van der Waals surface area contributed by atoms with Gasteiger partial charge >= 0.3 is 0 Å². The van der Waals surface area contributed by atoms with Gasteiger partial charge in [-0.15, -0.1) is 0 Å². The molecule has 0 saturated heterocycles. The third kappa shape index (κ3) is 7.98. The number of likely N-dealkylation sites (N-methyl/N-ethyl adjacent to an activating group) is 2. The van der Waals surface area contributed by atoms with Crippen LogP contribution in [0.15, 0.2) is 24.3 Å². The Hall–Kier alpha value is -2.61. The van der Waals surface area contributed by atoms with Gasteiger partial charge in [-0.3, -0.25) is 19.3 Å². The van der Waals surface area contributed by atoms with Gasteiger partial charge in [0.2, 0.25) is 17.7 Å². The van der Waals surface area contributed by atoms with Crippen molar-refractivity contribution in [2.24, 2.45) is 0 Å². The summed E-state index contributed by atoms with van der Waals surface area (Å²) < 4.78 is 5.06. The Balaban J connectivity index is 2.38. The molecule has 1 aromatic rings. The van der Waals surface area contributed by atoms with Crippen molar-refractivity contribution in [3.05, 3.63) is 24.3 Å². The highest BCUT2D eigenvalue weighted by Gasteiger charge is 2.16. The van der Waals surface area contributed by atoms with Crippen molar-refractivity contribution in [3.63, 3.8) is 0 Å². The van der Waals surface area contributed by atoms with Crippen molar-refractivity contribution in [3.8, 4) is 5.75 Å². The number of anilines is 1. The molecule has 0 aliphatic carbocycles. The summed E-state index contributed by atoms with van der Waals surface area (Å²) in [5, 5.41) is 5.48. The molecule has 0 unspecified atom stereocenters. The highest BCUT2D eigenvalue weighted by Crippen LogP contribution is 2.14. The van der Waals surface area contributed by atoms with Gasteiger partial charge < -0.3 is 20.3 Å². The van der Waals surface area contributed by atoms with Gasteiger partial charge in [0.25, 0.3) is 0 Å². The average Bonchev–Trinajstić information content (AvgIpc) is 2.60. The van der Waals surface area contributed by atoms with E-state index in [1.807, 2.05) is 6.92 Å². The Labute approximate surface area is 154 Å². The number of nitrogens with zero attached hydrogens (tertiary/aromatic N) is 2. The van der Waals surface area contributed by atoms with E-state index in [0.29, 0.717) is 18.0 Å². The molecule has 2 N–H and O–H groups in total. The Bertz CT molecular complexity index is 604. The molecule has 0 atom stereocenters. The van der Waals surface area contributed by atoms with Crippen LogP contribution in [0.2, 0.25) is 0 Å². The maximum atomic E-state index is 12.1. The Kier molecular flexibility index (Phi) is 9.14. The van der Waals surface area contributed by atoms with Crippen LogP contribution in [0.5, 0.6) is 5.75 Å². The average molecular weight is 364 g/mol. The van der Waals surface area contributed by atoms with Crippen LogP contribution in [-0.2, 0) is 14.4 Å². The first-order valence-corrected chi connectivity index (χ1v) is 8.48. The fourth-order valence-electron chi connectivity index (χ4n) is 2.15. The number of hydrogen-bond acceptors (Lipinski definition) is 5. The van der Waals surface area contributed by atoms with Crippen molar-refractivity contribution >= 4 is 23.4 Å². The first kappa shape index (κ1) is 21.4. The lowest BCUT2D eigenvalue weighted by Crippen LogP contribution is -2.43.